The molecule has 4 nitrogen and oxygen atoms in total. The third-order valence-electron chi connectivity index (χ3n) is 5.52. The first-order valence-electron chi connectivity index (χ1n) is 11.1. The van der Waals surface area contributed by atoms with Crippen molar-refractivity contribution in [2.45, 2.75) is 45.3 Å². The number of fused-ring (bicyclic) bond motifs is 1. The van der Waals surface area contributed by atoms with Gasteiger partial charge in [0.15, 0.2) is 6.61 Å². The second-order valence-electron chi connectivity index (χ2n) is 8.37. The lowest BCUT2D eigenvalue weighted by Crippen LogP contribution is -2.19. The van der Waals surface area contributed by atoms with E-state index in [9.17, 15) is 9.18 Å². The predicted molar refractivity (Wildman–Crippen MR) is 124 cm³/mol. The van der Waals surface area contributed by atoms with Gasteiger partial charge in [0.05, 0.1) is 12.1 Å². The van der Waals surface area contributed by atoms with Crippen LogP contribution in [0.5, 0.6) is 5.75 Å². The topological polar surface area (TPSA) is 47.6 Å². The molecule has 5 heteroatoms. The van der Waals surface area contributed by atoms with Gasteiger partial charge in [-0.25, -0.2) is 9.18 Å². The van der Waals surface area contributed by atoms with Crippen LogP contribution in [0.2, 0.25) is 0 Å². The van der Waals surface area contributed by atoms with Gasteiger partial charge in [0, 0.05) is 11.8 Å². The number of carbonyl (C=O) groups is 1. The van der Waals surface area contributed by atoms with Crippen LogP contribution in [-0.4, -0.2) is 18.7 Å². The van der Waals surface area contributed by atoms with Gasteiger partial charge in [-0.15, -0.1) is 0 Å². The number of carbonyl (C=O) groups excluding carboxylic acids is 1. The maximum Gasteiger partial charge on any atom is 0.344 e. The number of hydrogen-bond acceptors (Lipinski definition) is 4. The second-order valence-corrected chi connectivity index (χ2v) is 8.37. The van der Waals surface area contributed by atoms with Crippen molar-refractivity contribution in [1.29, 1.82) is 0 Å². The summed E-state index contributed by atoms with van der Waals surface area (Å²) in [7, 11) is 0. The highest BCUT2D eigenvalue weighted by Crippen LogP contribution is 2.36. The number of ether oxygens (including phenoxy) is 2. The molecule has 32 heavy (non-hydrogen) atoms. The highest BCUT2D eigenvalue weighted by atomic mass is 19.1. The third-order valence-corrected chi connectivity index (χ3v) is 5.52. The Morgan fingerprint density at radius 2 is 1.88 bits per heavy atom. The van der Waals surface area contributed by atoms with Crippen molar-refractivity contribution in [1.82, 2.24) is 0 Å². The zero-order valence-electron chi connectivity index (χ0n) is 18.4. The molecule has 0 bridgehead atoms. The van der Waals surface area contributed by atoms with E-state index in [0.29, 0.717) is 5.75 Å². The Hall–Kier alpha value is -3.34. The molecule has 4 rings (SSSR count). The molecule has 0 aliphatic heterocycles. The minimum Gasteiger partial charge on any atom is -0.482 e. The molecule has 0 saturated heterocycles. The number of nitrogens with one attached hydrogen (secondary N) is 1. The van der Waals surface area contributed by atoms with E-state index in [0.717, 1.165) is 36.1 Å². The van der Waals surface area contributed by atoms with Gasteiger partial charge in [0.1, 0.15) is 11.6 Å². The summed E-state index contributed by atoms with van der Waals surface area (Å²) in [6.07, 6.45) is 2.98. The van der Waals surface area contributed by atoms with Crippen LogP contribution in [0.1, 0.15) is 43.9 Å². The van der Waals surface area contributed by atoms with Crippen LogP contribution in [0.15, 0.2) is 66.7 Å². The number of halogens is 1. The molecular weight excluding hydrogens is 405 g/mol. The van der Waals surface area contributed by atoms with Gasteiger partial charge in [0.25, 0.3) is 0 Å². The smallest absolute Gasteiger partial charge is 0.344 e. The molecule has 3 aromatic rings. The number of rotatable bonds is 7. The Bertz CT molecular complexity index is 1100. The molecule has 0 amide bonds. The Labute approximate surface area is 188 Å². The van der Waals surface area contributed by atoms with Crippen molar-refractivity contribution in [2.24, 2.45) is 0 Å². The average molecular weight is 434 g/mol. The Kier molecular flexibility index (Phi) is 6.74. The predicted octanol–water partition coefficient (Wildman–Crippen LogP) is 6.31. The normalized spacial score (nSPS) is 15.2. The van der Waals surface area contributed by atoms with E-state index in [1.165, 1.54) is 17.2 Å². The summed E-state index contributed by atoms with van der Waals surface area (Å²) >= 11 is 0. The zero-order valence-corrected chi connectivity index (χ0v) is 18.4. The summed E-state index contributed by atoms with van der Waals surface area (Å²) in [5, 5.41) is 3.62. The maximum absolute atomic E-state index is 13.7. The minimum absolute atomic E-state index is 0.120. The average Bonchev–Trinajstić information content (AvgIpc) is 2.77. The standard InChI is InChI=1S/C27H28FNO3/c1-18(2)32-27(30)17-31-24-10-5-9-23(16-24)29-26-11-4-6-19-12-13-21(15-25(19)26)20-7-3-8-22(28)14-20/h3,5,7-10,12-16,18,26,29H,4,6,11,17H2,1-2H3. The second kappa shape index (κ2) is 9.86. The Morgan fingerprint density at radius 3 is 2.69 bits per heavy atom. The van der Waals surface area contributed by atoms with E-state index < -0.39 is 0 Å². The van der Waals surface area contributed by atoms with Crippen LogP contribution in [0, 0.1) is 5.82 Å². The zero-order chi connectivity index (χ0) is 22.5. The first-order valence-corrected chi connectivity index (χ1v) is 11.1. The van der Waals surface area contributed by atoms with Gasteiger partial charge in [-0.3, -0.25) is 0 Å². The quantitative estimate of drug-likeness (QED) is 0.444. The van der Waals surface area contributed by atoms with Gasteiger partial charge < -0.3 is 14.8 Å². The number of aryl methyl sites for hydroxylation is 1. The lowest BCUT2D eigenvalue weighted by Gasteiger charge is -2.28. The fourth-order valence-electron chi connectivity index (χ4n) is 4.11. The van der Waals surface area contributed by atoms with Crippen molar-refractivity contribution >= 4 is 11.7 Å². The van der Waals surface area contributed by atoms with E-state index >= 15 is 0 Å². The van der Waals surface area contributed by atoms with E-state index in [1.807, 2.05) is 44.2 Å². The summed E-state index contributed by atoms with van der Waals surface area (Å²) in [4.78, 5) is 11.7. The number of hydrogen-bond donors (Lipinski definition) is 1. The Balaban J connectivity index is 1.50. The lowest BCUT2D eigenvalue weighted by molar-refractivity contribution is -0.149. The van der Waals surface area contributed by atoms with Crippen LogP contribution in [0.25, 0.3) is 11.1 Å². The molecule has 1 aliphatic carbocycles. The van der Waals surface area contributed by atoms with Crippen molar-refractivity contribution in [2.75, 3.05) is 11.9 Å². The number of esters is 1. The summed E-state index contributed by atoms with van der Waals surface area (Å²) in [6, 6.07) is 20.9. The largest absolute Gasteiger partial charge is 0.482 e. The molecule has 1 unspecified atom stereocenters. The molecule has 3 aromatic carbocycles. The van der Waals surface area contributed by atoms with Crippen molar-refractivity contribution in [3.8, 4) is 16.9 Å². The van der Waals surface area contributed by atoms with Crippen molar-refractivity contribution < 1.29 is 18.7 Å². The SMILES string of the molecule is CC(C)OC(=O)COc1cccc(NC2CCCc3ccc(-c4cccc(F)c4)cc32)c1. The van der Waals surface area contributed by atoms with Gasteiger partial charge in [0.2, 0.25) is 0 Å². The van der Waals surface area contributed by atoms with Gasteiger partial charge in [-0.05, 0) is 85.7 Å². The summed E-state index contributed by atoms with van der Waals surface area (Å²) in [5.41, 5.74) is 5.37. The third kappa shape index (κ3) is 5.47. The highest BCUT2D eigenvalue weighted by molar-refractivity contribution is 5.71. The van der Waals surface area contributed by atoms with Crippen LogP contribution >= 0.6 is 0 Å². The van der Waals surface area contributed by atoms with Crippen LogP contribution < -0.4 is 10.1 Å². The van der Waals surface area contributed by atoms with E-state index in [4.69, 9.17) is 9.47 Å². The summed E-state index contributed by atoms with van der Waals surface area (Å²) in [6.45, 7) is 3.50. The Morgan fingerprint density at radius 1 is 1.06 bits per heavy atom. The first-order chi connectivity index (χ1) is 15.5. The van der Waals surface area contributed by atoms with Gasteiger partial charge >= 0.3 is 5.97 Å². The highest BCUT2D eigenvalue weighted by Gasteiger charge is 2.21. The molecule has 0 fully saturated rings. The molecule has 1 atom stereocenters. The molecule has 1 N–H and O–H groups in total. The van der Waals surface area contributed by atoms with E-state index in [-0.39, 0.29) is 30.5 Å². The molecule has 1 aliphatic rings. The fraction of sp³-hybridized carbons (Fsp3) is 0.296. The van der Waals surface area contributed by atoms with Gasteiger partial charge in [-0.2, -0.15) is 0 Å². The molecule has 0 spiro atoms. The van der Waals surface area contributed by atoms with Crippen molar-refractivity contribution in [3.05, 3.63) is 83.7 Å². The minimum atomic E-state index is -0.385. The van der Waals surface area contributed by atoms with Crippen LogP contribution in [0.4, 0.5) is 10.1 Å². The van der Waals surface area contributed by atoms with Crippen molar-refractivity contribution in [3.63, 3.8) is 0 Å². The lowest BCUT2D eigenvalue weighted by atomic mass is 9.85. The molecule has 0 saturated carbocycles. The molecule has 0 heterocycles. The monoisotopic (exact) mass is 433 g/mol. The summed E-state index contributed by atoms with van der Waals surface area (Å²) < 4.78 is 24.4. The first kappa shape index (κ1) is 21.9. The van der Waals surface area contributed by atoms with Gasteiger partial charge in [-0.1, -0.05) is 30.3 Å². The number of benzene rings is 3. The maximum atomic E-state index is 13.7. The summed E-state index contributed by atoms with van der Waals surface area (Å²) in [5.74, 6) is -0.00585. The number of anilines is 1. The molecule has 166 valence electrons. The molecule has 0 radical (unpaired) electrons. The molecule has 0 aromatic heterocycles. The van der Waals surface area contributed by atoms with E-state index in [2.05, 4.69) is 23.5 Å². The van der Waals surface area contributed by atoms with E-state index in [1.54, 1.807) is 12.1 Å². The fourth-order valence-corrected chi connectivity index (χ4v) is 4.11. The van der Waals surface area contributed by atoms with Crippen LogP contribution in [-0.2, 0) is 16.0 Å². The molecular formula is C27H28FNO3. The van der Waals surface area contributed by atoms with Crippen LogP contribution in [0.3, 0.4) is 0 Å².